The van der Waals surface area contributed by atoms with Crippen molar-refractivity contribution in [3.8, 4) is 0 Å². The van der Waals surface area contributed by atoms with Crippen LogP contribution in [-0.2, 0) is 19.0 Å². The van der Waals surface area contributed by atoms with Crippen LogP contribution < -0.4 is 0 Å². The Morgan fingerprint density at radius 2 is 1.94 bits per heavy atom. The molecular formula is C14H26O4. The first-order chi connectivity index (χ1) is 8.19. The van der Waals surface area contributed by atoms with Gasteiger partial charge in [0.1, 0.15) is 11.7 Å². The highest BCUT2D eigenvalue weighted by Crippen LogP contribution is 2.48. The van der Waals surface area contributed by atoms with Gasteiger partial charge in [-0.2, -0.15) is 0 Å². The quantitative estimate of drug-likeness (QED) is 0.730. The standard InChI is InChI=1S/C14H26O4/c1-8-14(13(4,5)6)12(16-7)11(9(2)18-14)17-10(3)15/h9,11-12H,8H2,1-7H3/t9-,11+,12-,14+/m0/s1. The molecule has 4 atom stereocenters. The molecule has 1 saturated heterocycles. The third kappa shape index (κ3) is 2.41. The average molecular weight is 258 g/mol. The van der Waals surface area contributed by atoms with Crippen molar-refractivity contribution in [3.05, 3.63) is 0 Å². The molecule has 0 aromatic heterocycles. The highest BCUT2D eigenvalue weighted by Gasteiger charge is 2.60. The summed E-state index contributed by atoms with van der Waals surface area (Å²) in [5.74, 6) is -0.293. The molecule has 0 amide bonds. The number of carbonyl (C=O) groups is 1. The lowest BCUT2D eigenvalue weighted by Crippen LogP contribution is -2.53. The maximum atomic E-state index is 11.2. The number of hydrogen-bond acceptors (Lipinski definition) is 4. The fourth-order valence-corrected chi connectivity index (χ4v) is 3.07. The van der Waals surface area contributed by atoms with Gasteiger partial charge in [-0.3, -0.25) is 4.79 Å². The monoisotopic (exact) mass is 258 g/mol. The first-order valence-electron chi connectivity index (χ1n) is 6.57. The Hall–Kier alpha value is -0.610. The summed E-state index contributed by atoms with van der Waals surface area (Å²) in [6, 6.07) is 0. The highest BCUT2D eigenvalue weighted by atomic mass is 16.6. The maximum absolute atomic E-state index is 11.2. The van der Waals surface area contributed by atoms with E-state index in [1.807, 2.05) is 6.92 Å². The Morgan fingerprint density at radius 1 is 1.39 bits per heavy atom. The number of esters is 1. The Kier molecular flexibility index (Phi) is 4.44. The van der Waals surface area contributed by atoms with E-state index in [4.69, 9.17) is 14.2 Å². The van der Waals surface area contributed by atoms with Crippen molar-refractivity contribution in [1.82, 2.24) is 0 Å². The first kappa shape index (κ1) is 15.4. The van der Waals surface area contributed by atoms with E-state index in [1.54, 1.807) is 7.11 Å². The van der Waals surface area contributed by atoms with Gasteiger partial charge in [-0.1, -0.05) is 27.7 Å². The van der Waals surface area contributed by atoms with Gasteiger partial charge in [-0.15, -0.1) is 0 Å². The van der Waals surface area contributed by atoms with Crippen molar-refractivity contribution < 1.29 is 19.0 Å². The molecule has 1 heterocycles. The van der Waals surface area contributed by atoms with Gasteiger partial charge in [0, 0.05) is 14.0 Å². The molecular weight excluding hydrogens is 232 g/mol. The lowest BCUT2D eigenvalue weighted by atomic mass is 9.71. The van der Waals surface area contributed by atoms with Crippen molar-refractivity contribution in [3.63, 3.8) is 0 Å². The van der Waals surface area contributed by atoms with Gasteiger partial charge in [0.25, 0.3) is 0 Å². The van der Waals surface area contributed by atoms with Gasteiger partial charge in [0.15, 0.2) is 6.10 Å². The Bertz CT molecular complexity index is 307. The van der Waals surface area contributed by atoms with Crippen LogP contribution in [0.5, 0.6) is 0 Å². The lowest BCUT2D eigenvalue weighted by molar-refractivity contribution is -0.161. The van der Waals surface area contributed by atoms with Crippen LogP contribution in [0.15, 0.2) is 0 Å². The summed E-state index contributed by atoms with van der Waals surface area (Å²) in [5, 5.41) is 0. The second-order valence-electron chi connectivity index (χ2n) is 6.05. The SMILES string of the molecule is CC[C@@]1(C(C)(C)C)O[C@@H](C)[C@@H](OC(C)=O)[C@@H]1OC. The zero-order valence-electron chi connectivity index (χ0n) is 12.6. The minimum atomic E-state index is -0.429. The number of carbonyl (C=O) groups excluding carboxylic acids is 1. The van der Waals surface area contributed by atoms with Gasteiger partial charge >= 0.3 is 5.97 Å². The van der Waals surface area contributed by atoms with Gasteiger partial charge in [0.05, 0.1) is 6.10 Å². The molecule has 0 unspecified atom stereocenters. The van der Waals surface area contributed by atoms with Crippen LogP contribution in [0.4, 0.5) is 0 Å². The van der Waals surface area contributed by atoms with E-state index in [1.165, 1.54) is 6.92 Å². The van der Waals surface area contributed by atoms with E-state index in [9.17, 15) is 4.79 Å². The second kappa shape index (κ2) is 5.17. The van der Waals surface area contributed by atoms with E-state index in [-0.39, 0.29) is 29.7 Å². The number of ether oxygens (including phenoxy) is 3. The Labute approximate surface area is 110 Å². The van der Waals surface area contributed by atoms with Gasteiger partial charge in [0.2, 0.25) is 0 Å². The summed E-state index contributed by atoms with van der Waals surface area (Å²) < 4.78 is 17.2. The normalized spacial score (nSPS) is 36.7. The summed E-state index contributed by atoms with van der Waals surface area (Å²) >= 11 is 0. The third-order valence-corrected chi connectivity index (χ3v) is 3.97. The Morgan fingerprint density at radius 3 is 2.28 bits per heavy atom. The number of hydrogen-bond donors (Lipinski definition) is 0. The summed E-state index contributed by atoms with van der Waals surface area (Å²) in [5.41, 5.74) is -0.521. The minimum Gasteiger partial charge on any atom is -0.457 e. The number of methoxy groups -OCH3 is 1. The van der Waals surface area contributed by atoms with Crippen LogP contribution in [0.2, 0.25) is 0 Å². The fourth-order valence-electron chi connectivity index (χ4n) is 3.07. The molecule has 0 N–H and O–H groups in total. The average Bonchev–Trinajstić information content (AvgIpc) is 2.51. The van der Waals surface area contributed by atoms with E-state index in [0.717, 1.165) is 6.42 Å². The van der Waals surface area contributed by atoms with Crippen LogP contribution in [0, 0.1) is 5.41 Å². The molecule has 4 nitrogen and oxygen atoms in total. The van der Waals surface area contributed by atoms with Crippen molar-refractivity contribution in [2.24, 2.45) is 5.41 Å². The summed E-state index contributed by atoms with van der Waals surface area (Å²) in [7, 11) is 1.65. The summed E-state index contributed by atoms with van der Waals surface area (Å²) in [6.45, 7) is 11.8. The number of rotatable bonds is 3. The first-order valence-corrected chi connectivity index (χ1v) is 6.57. The fraction of sp³-hybridized carbons (Fsp3) is 0.929. The molecule has 0 bridgehead atoms. The van der Waals surface area contributed by atoms with Crippen molar-refractivity contribution in [2.45, 2.75) is 71.9 Å². The molecule has 0 saturated carbocycles. The molecule has 1 rings (SSSR count). The molecule has 0 aromatic carbocycles. The summed E-state index contributed by atoms with van der Waals surface area (Å²) in [6.07, 6.45) is 0.0861. The van der Waals surface area contributed by atoms with E-state index in [2.05, 4.69) is 27.7 Å². The second-order valence-corrected chi connectivity index (χ2v) is 6.05. The van der Waals surface area contributed by atoms with Gasteiger partial charge in [-0.05, 0) is 18.8 Å². The van der Waals surface area contributed by atoms with Crippen LogP contribution >= 0.6 is 0 Å². The summed E-state index contributed by atoms with van der Waals surface area (Å²) in [4.78, 5) is 11.2. The molecule has 106 valence electrons. The zero-order chi connectivity index (χ0) is 14.1. The van der Waals surface area contributed by atoms with Crippen LogP contribution in [0.1, 0.15) is 48.0 Å². The van der Waals surface area contributed by atoms with E-state index in [0.29, 0.717) is 0 Å². The Balaban J connectivity index is 3.12. The van der Waals surface area contributed by atoms with Crippen molar-refractivity contribution in [1.29, 1.82) is 0 Å². The van der Waals surface area contributed by atoms with Crippen LogP contribution in [-0.4, -0.2) is 37.0 Å². The lowest BCUT2D eigenvalue weighted by Gasteiger charge is -2.44. The van der Waals surface area contributed by atoms with Gasteiger partial charge in [-0.25, -0.2) is 0 Å². The predicted molar refractivity (Wildman–Crippen MR) is 69.4 cm³/mol. The van der Waals surface area contributed by atoms with Crippen molar-refractivity contribution in [2.75, 3.05) is 7.11 Å². The molecule has 18 heavy (non-hydrogen) atoms. The molecule has 0 aromatic rings. The zero-order valence-corrected chi connectivity index (χ0v) is 12.6. The topological polar surface area (TPSA) is 44.8 Å². The predicted octanol–water partition coefficient (Wildman–Crippen LogP) is 2.55. The molecule has 1 fully saturated rings. The molecule has 1 aliphatic rings. The van der Waals surface area contributed by atoms with E-state index < -0.39 is 5.60 Å². The van der Waals surface area contributed by atoms with Gasteiger partial charge < -0.3 is 14.2 Å². The molecule has 1 aliphatic heterocycles. The van der Waals surface area contributed by atoms with Crippen LogP contribution in [0.25, 0.3) is 0 Å². The maximum Gasteiger partial charge on any atom is 0.303 e. The highest BCUT2D eigenvalue weighted by molar-refractivity contribution is 5.66. The van der Waals surface area contributed by atoms with E-state index >= 15 is 0 Å². The van der Waals surface area contributed by atoms with Crippen LogP contribution in [0.3, 0.4) is 0 Å². The smallest absolute Gasteiger partial charge is 0.303 e. The largest absolute Gasteiger partial charge is 0.457 e. The molecule has 4 heteroatoms. The molecule has 0 aliphatic carbocycles. The minimum absolute atomic E-state index is 0.0917. The third-order valence-electron chi connectivity index (χ3n) is 3.97. The van der Waals surface area contributed by atoms with Crippen molar-refractivity contribution >= 4 is 5.97 Å². The molecule has 0 radical (unpaired) electrons. The molecule has 0 spiro atoms.